The first-order valence-corrected chi connectivity index (χ1v) is 8.06. The lowest BCUT2D eigenvalue weighted by molar-refractivity contribution is -0.871. The van der Waals surface area contributed by atoms with Crippen LogP contribution in [0.3, 0.4) is 0 Å². The number of hydrogen-bond donors (Lipinski definition) is 0. The van der Waals surface area contributed by atoms with Crippen molar-refractivity contribution in [3.05, 3.63) is 23.8 Å². The Bertz CT molecular complexity index is 530. The van der Waals surface area contributed by atoms with Crippen molar-refractivity contribution < 1.29 is 37.9 Å². The van der Waals surface area contributed by atoms with Crippen molar-refractivity contribution in [1.29, 1.82) is 0 Å². The molecule has 23 heavy (non-hydrogen) atoms. The van der Waals surface area contributed by atoms with Gasteiger partial charge >= 0.3 is 0 Å². The quantitative estimate of drug-likeness (QED) is 0.460. The zero-order chi connectivity index (χ0) is 16.5. The highest BCUT2D eigenvalue weighted by Crippen LogP contribution is 2.48. The number of methoxy groups -OCH3 is 1. The molecule has 1 heterocycles. The Balaban J connectivity index is 0.00000264. The Morgan fingerprint density at radius 1 is 1.26 bits per heavy atom. The van der Waals surface area contributed by atoms with Crippen LogP contribution in [0.15, 0.2) is 18.2 Å². The third-order valence-corrected chi connectivity index (χ3v) is 4.70. The lowest BCUT2D eigenvalue weighted by Crippen LogP contribution is -3.00. The third kappa shape index (κ3) is 4.12. The van der Waals surface area contributed by atoms with Crippen molar-refractivity contribution >= 4 is 5.69 Å². The second-order valence-electron chi connectivity index (χ2n) is 7.49. The highest BCUT2D eigenvalue weighted by molar-refractivity contribution is 5.65. The zero-order valence-corrected chi connectivity index (χ0v) is 17.7. The molecule has 132 valence electrons. The second-order valence-corrected chi connectivity index (χ2v) is 7.49. The van der Waals surface area contributed by atoms with E-state index < -0.39 is 0 Å². The molecule has 0 amide bonds. The van der Waals surface area contributed by atoms with Gasteiger partial charge in [-0.05, 0) is 30.7 Å². The molecule has 4 nitrogen and oxygen atoms in total. The van der Waals surface area contributed by atoms with Crippen LogP contribution in [0.5, 0.6) is 5.75 Å². The molecular formula is C18H31IN2O2. The molecule has 0 spiro atoms. The van der Waals surface area contributed by atoms with Gasteiger partial charge in [0.2, 0.25) is 0 Å². The number of benzene rings is 1. The summed E-state index contributed by atoms with van der Waals surface area (Å²) < 4.78 is 12.5. The highest BCUT2D eigenvalue weighted by Gasteiger charge is 2.47. The van der Waals surface area contributed by atoms with Crippen LogP contribution in [0, 0.1) is 0 Å². The van der Waals surface area contributed by atoms with E-state index in [9.17, 15) is 0 Å². The number of likely N-dealkylation sites (N-methyl/N-ethyl adjacent to an activating group) is 1. The van der Waals surface area contributed by atoms with Crippen molar-refractivity contribution in [2.24, 2.45) is 0 Å². The van der Waals surface area contributed by atoms with Gasteiger partial charge in [-0.3, -0.25) is 0 Å². The predicted molar refractivity (Wildman–Crippen MR) is 91.7 cm³/mol. The molecular weight excluding hydrogens is 403 g/mol. The average Bonchev–Trinajstić information content (AvgIpc) is 2.65. The van der Waals surface area contributed by atoms with Gasteiger partial charge in [-0.1, -0.05) is 6.92 Å². The third-order valence-electron chi connectivity index (χ3n) is 4.70. The fraction of sp³-hybridized carbons (Fsp3) is 0.667. The number of rotatable bonds is 6. The predicted octanol–water partition coefficient (Wildman–Crippen LogP) is -0.134. The number of quaternary nitrogens is 1. The Morgan fingerprint density at radius 2 is 1.91 bits per heavy atom. The summed E-state index contributed by atoms with van der Waals surface area (Å²) in [7, 11) is 10.6. The van der Waals surface area contributed by atoms with Crippen molar-refractivity contribution in [2.45, 2.75) is 31.9 Å². The molecule has 1 aromatic rings. The minimum atomic E-state index is -0.0303. The normalized spacial score (nSPS) is 23.4. The Kier molecular flexibility index (Phi) is 6.75. The Hall–Kier alpha value is -0.530. The van der Waals surface area contributed by atoms with Crippen LogP contribution in [0.25, 0.3) is 0 Å². The molecule has 0 bridgehead atoms. The molecule has 0 saturated carbocycles. The monoisotopic (exact) mass is 434 g/mol. The van der Waals surface area contributed by atoms with Gasteiger partial charge in [0.1, 0.15) is 12.0 Å². The van der Waals surface area contributed by atoms with Gasteiger partial charge in [-0.15, -0.1) is 0 Å². The maximum absolute atomic E-state index is 5.86. The van der Waals surface area contributed by atoms with Gasteiger partial charge in [0, 0.05) is 31.7 Å². The van der Waals surface area contributed by atoms with E-state index in [4.69, 9.17) is 9.47 Å². The summed E-state index contributed by atoms with van der Waals surface area (Å²) in [6, 6.07) is 6.41. The summed E-state index contributed by atoms with van der Waals surface area (Å²) in [5.41, 5.74) is 2.55. The van der Waals surface area contributed by atoms with Crippen LogP contribution >= 0.6 is 0 Å². The summed E-state index contributed by atoms with van der Waals surface area (Å²) >= 11 is 0. The number of anilines is 1. The lowest BCUT2D eigenvalue weighted by atomic mass is 9.79. The Labute approximate surface area is 158 Å². The molecule has 5 heteroatoms. The minimum Gasteiger partial charge on any atom is -1.00 e. The molecule has 1 aromatic carbocycles. The summed E-state index contributed by atoms with van der Waals surface area (Å²) in [5.74, 6) is 0.947. The fourth-order valence-corrected chi connectivity index (χ4v) is 3.47. The van der Waals surface area contributed by atoms with Gasteiger partial charge in [0.05, 0.1) is 34.3 Å². The highest BCUT2D eigenvalue weighted by atomic mass is 127. The minimum absolute atomic E-state index is 0. The van der Waals surface area contributed by atoms with Gasteiger partial charge in [-0.25, -0.2) is 0 Å². The molecule has 1 unspecified atom stereocenters. The first-order valence-electron chi connectivity index (χ1n) is 8.06. The summed E-state index contributed by atoms with van der Waals surface area (Å²) in [4.78, 5) is 2.25. The van der Waals surface area contributed by atoms with Crippen LogP contribution in [0.1, 0.15) is 25.8 Å². The standard InChI is InChI=1S/C18H31N2O2.HI/c1-8-22-14-9-10-16-15(13-14)18(2,11-12-20(4,5)6)17(21-7)19(16)3;/h9-10,13,17H,8,11-12H2,1-7H3;1H/q+1;/p-1/t17?,18-;/m0./s1. The van der Waals surface area contributed by atoms with E-state index in [1.54, 1.807) is 7.11 Å². The first-order chi connectivity index (χ1) is 10.2. The second kappa shape index (κ2) is 7.57. The van der Waals surface area contributed by atoms with Crippen LogP contribution in [0.2, 0.25) is 0 Å². The maximum Gasteiger partial charge on any atom is 0.139 e. The van der Waals surface area contributed by atoms with E-state index in [0.29, 0.717) is 6.61 Å². The van der Waals surface area contributed by atoms with Crippen molar-refractivity contribution in [3.8, 4) is 5.75 Å². The molecule has 1 aliphatic rings. The van der Waals surface area contributed by atoms with Crippen molar-refractivity contribution in [2.75, 3.05) is 53.4 Å². The number of nitrogens with zero attached hydrogens (tertiary/aromatic N) is 2. The molecule has 1 aliphatic heterocycles. The van der Waals surface area contributed by atoms with E-state index >= 15 is 0 Å². The average molecular weight is 434 g/mol. The summed E-state index contributed by atoms with van der Waals surface area (Å²) in [6.07, 6.45) is 1.13. The molecule has 2 atom stereocenters. The largest absolute Gasteiger partial charge is 1.00 e. The molecule has 0 aromatic heterocycles. The van der Waals surface area contributed by atoms with Gasteiger partial charge in [0.25, 0.3) is 0 Å². The molecule has 0 aliphatic carbocycles. The molecule has 2 rings (SSSR count). The topological polar surface area (TPSA) is 21.7 Å². The Morgan fingerprint density at radius 3 is 2.43 bits per heavy atom. The molecule has 0 N–H and O–H groups in total. The SMILES string of the molecule is CCOc1ccc2c(c1)[C@](C)(CC[N+](C)(C)C)C(OC)N2C.[I-]. The number of ether oxygens (including phenoxy) is 2. The smallest absolute Gasteiger partial charge is 0.139 e. The van der Waals surface area contributed by atoms with Crippen molar-refractivity contribution in [1.82, 2.24) is 0 Å². The maximum atomic E-state index is 5.86. The van der Waals surface area contributed by atoms with Gasteiger partial charge in [-0.2, -0.15) is 0 Å². The first kappa shape index (κ1) is 20.5. The molecule has 0 fully saturated rings. The van der Waals surface area contributed by atoms with Crippen LogP contribution < -0.4 is 33.6 Å². The zero-order valence-electron chi connectivity index (χ0n) is 15.5. The van der Waals surface area contributed by atoms with E-state index in [0.717, 1.165) is 23.2 Å². The van der Waals surface area contributed by atoms with Crippen LogP contribution in [-0.4, -0.2) is 59.2 Å². The van der Waals surface area contributed by atoms with E-state index in [1.807, 2.05) is 6.92 Å². The van der Waals surface area contributed by atoms with E-state index in [1.165, 1.54) is 11.3 Å². The van der Waals surface area contributed by atoms with Crippen LogP contribution in [0.4, 0.5) is 5.69 Å². The number of hydrogen-bond acceptors (Lipinski definition) is 3. The van der Waals surface area contributed by atoms with E-state index in [2.05, 4.69) is 58.2 Å². The molecule has 0 saturated heterocycles. The van der Waals surface area contributed by atoms with Gasteiger partial charge < -0.3 is 42.8 Å². The number of fused-ring (bicyclic) bond motifs is 1. The van der Waals surface area contributed by atoms with E-state index in [-0.39, 0.29) is 35.6 Å². The number of halogens is 1. The van der Waals surface area contributed by atoms with Crippen LogP contribution in [-0.2, 0) is 10.2 Å². The van der Waals surface area contributed by atoms with Crippen molar-refractivity contribution in [3.63, 3.8) is 0 Å². The molecule has 0 radical (unpaired) electrons. The fourth-order valence-electron chi connectivity index (χ4n) is 3.47. The van der Waals surface area contributed by atoms with Gasteiger partial charge in [0.15, 0.2) is 0 Å². The summed E-state index contributed by atoms with van der Waals surface area (Å²) in [5, 5.41) is 0. The lowest BCUT2D eigenvalue weighted by Gasteiger charge is -2.36. The summed E-state index contributed by atoms with van der Waals surface area (Å²) in [6.45, 7) is 6.13.